The average Bonchev–Trinajstić information content (AvgIpc) is 2.53. The molecule has 2 aromatic rings. The molecule has 0 radical (unpaired) electrons. The molecular weight excluding hydrogens is 288 g/mol. The van der Waals surface area contributed by atoms with Crippen LogP contribution < -0.4 is 10.6 Å². The zero-order valence-electron chi connectivity index (χ0n) is 13.7. The summed E-state index contributed by atoms with van der Waals surface area (Å²) in [7, 11) is 0. The lowest BCUT2D eigenvalue weighted by Crippen LogP contribution is -2.28. The first kappa shape index (κ1) is 16.7. The van der Waals surface area contributed by atoms with E-state index in [4.69, 9.17) is 0 Å². The van der Waals surface area contributed by atoms with Gasteiger partial charge in [-0.25, -0.2) is 0 Å². The molecule has 4 nitrogen and oxygen atoms in total. The van der Waals surface area contributed by atoms with E-state index in [0.717, 1.165) is 5.56 Å². The molecule has 2 N–H and O–H groups in total. The van der Waals surface area contributed by atoms with E-state index in [1.807, 2.05) is 32.9 Å². The van der Waals surface area contributed by atoms with Gasteiger partial charge in [0.15, 0.2) is 0 Å². The third-order valence-corrected chi connectivity index (χ3v) is 3.40. The molecule has 0 spiro atoms. The number of hydrogen-bond donors (Lipinski definition) is 2. The zero-order valence-corrected chi connectivity index (χ0v) is 13.7. The standard InChI is InChI=1S/C19H22N2O2/c1-13(2)12-20-19(23)16-6-4-5-7-17(16)21-18(22)15-10-8-14(3)9-11-15/h4-11,13H,12H2,1-3H3,(H,20,23)(H,21,22). The minimum Gasteiger partial charge on any atom is -0.352 e. The van der Waals surface area contributed by atoms with Crippen LogP contribution in [0.4, 0.5) is 5.69 Å². The Bertz CT molecular complexity index is 691. The SMILES string of the molecule is Cc1ccc(C(=O)Nc2ccccc2C(=O)NCC(C)C)cc1. The number of amides is 2. The van der Waals surface area contributed by atoms with Crippen LogP contribution in [0.25, 0.3) is 0 Å². The minimum atomic E-state index is -0.228. The Morgan fingerprint density at radius 3 is 2.26 bits per heavy atom. The van der Waals surface area contributed by atoms with E-state index in [1.165, 1.54) is 0 Å². The Kier molecular flexibility index (Phi) is 5.52. The molecule has 0 saturated heterocycles. The third kappa shape index (κ3) is 4.68. The predicted octanol–water partition coefficient (Wildman–Crippen LogP) is 3.63. The lowest BCUT2D eigenvalue weighted by Gasteiger charge is -2.12. The van der Waals surface area contributed by atoms with Crippen LogP contribution >= 0.6 is 0 Å². The molecule has 0 aliphatic rings. The van der Waals surface area contributed by atoms with Crippen molar-refractivity contribution in [2.45, 2.75) is 20.8 Å². The second kappa shape index (κ2) is 7.58. The van der Waals surface area contributed by atoms with Crippen LogP contribution in [0.15, 0.2) is 48.5 Å². The van der Waals surface area contributed by atoms with E-state index in [9.17, 15) is 9.59 Å². The van der Waals surface area contributed by atoms with Gasteiger partial charge < -0.3 is 10.6 Å². The van der Waals surface area contributed by atoms with Gasteiger partial charge >= 0.3 is 0 Å². The van der Waals surface area contributed by atoms with Crippen molar-refractivity contribution in [1.82, 2.24) is 5.32 Å². The fraction of sp³-hybridized carbons (Fsp3) is 0.263. The fourth-order valence-electron chi connectivity index (χ4n) is 2.08. The molecule has 0 heterocycles. The van der Waals surface area contributed by atoms with Gasteiger partial charge in [0.05, 0.1) is 11.3 Å². The predicted molar refractivity (Wildman–Crippen MR) is 92.7 cm³/mol. The van der Waals surface area contributed by atoms with Crippen molar-refractivity contribution in [2.75, 3.05) is 11.9 Å². The quantitative estimate of drug-likeness (QED) is 0.886. The zero-order chi connectivity index (χ0) is 16.8. The molecule has 23 heavy (non-hydrogen) atoms. The summed E-state index contributed by atoms with van der Waals surface area (Å²) in [6.45, 7) is 6.63. The fourth-order valence-corrected chi connectivity index (χ4v) is 2.08. The molecule has 0 atom stereocenters. The van der Waals surface area contributed by atoms with Gasteiger partial charge in [0.2, 0.25) is 0 Å². The summed E-state index contributed by atoms with van der Waals surface area (Å²) in [4.78, 5) is 24.6. The maximum Gasteiger partial charge on any atom is 0.255 e. The van der Waals surface area contributed by atoms with Crippen LogP contribution in [-0.4, -0.2) is 18.4 Å². The van der Waals surface area contributed by atoms with Crippen molar-refractivity contribution >= 4 is 17.5 Å². The summed E-state index contributed by atoms with van der Waals surface area (Å²) >= 11 is 0. The van der Waals surface area contributed by atoms with Crippen LogP contribution in [0.2, 0.25) is 0 Å². The molecule has 2 rings (SSSR count). The molecule has 0 fully saturated rings. The van der Waals surface area contributed by atoms with Crippen molar-refractivity contribution in [2.24, 2.45) is 5.92 Å². The number of carbonyl (C=O) groups is 2. The van der Waals surface area contributed by atoms with Crippen LogP contribution in [-0.2, 0) is 0 Å². The van der Waals surface area contributed by atoms with Gasteiger partial charge in [-0.15, -0.1) is 0 Å². The highest BCUT2D eigenvalue weighted by atomic mass is 16.2. The molecule has 0 aromatic heterocycles. The summed E-state index contributed by atoms with van der Waals surface area (Å²) in [5.74, 6) is -0.0409. The summed E-state index contributed by atoms with van der Waals surface area (Å²) in [6.07, 6.45) is 0. The van der Waals surface area contributed by atoms with E-state index in [-0.39, 0.29) is 11.8 Å². The smallest absolute Gasteiger partial charge is 0.255 e. The highest BCUT2D eigenvalue weighted by Crippen LogP contribution is 2.16. The molecular formula is C19H22N2O2. The average molecular weight is 310 g/mol. The first-order chi connectivity index (χ1) is 11.0. The van der Waals surface area contributed by atoms with Crippen molar-refractivity contribution in [3.05, 3.63) is 65.2 Å². The van der Waals surface area contributed by atoms with Gasteiger partial charge in [-0.3, -0.25) is 9.59 Å². The van der Waals surface area contributed by atoms with E-state index < -0.39 is 0 Å². The van der Waals surface area contributed by atoms with E-state index in [0.29, 0.717) is 29.3 Å². The summed E-state index contributed by atoms with van der Waals surface area (Å²) in [6, 6.07) is 14.3. The number of hydrogen-bond acceptors (Lipinski definition) is 2. The molecule has 2 aromatic carbocycles. The second-order valence-electron chi connectivity index (χ2n) is 5.97. The Hall–Kier alpha value is -2.62. The van der Waals surface area contributed by atoms with Crippen LogP contribution in [0.3, 0.4) is 0 Å². The van der Waals surface area contributed by atoms with Crippen molar-refractivity contribution in [3.8, 4) is 0 Å². The molecule has 0 aliphatic heterocycles. The van der Waals surface area contributed by atoms with E-state index in [1.54, 1.807) is 36.4 Å². The molecule has 120 valence electrons. The lowest BCUT2D eigenvalue weighted by molar-refractivity contribution is 0.0950. The van der Waals surface area contributed by atoms with Crippen LogP contribution in [0.1, 0.15) is 40.1 Å². The third-order valence-electron chi connectivity index (χ3n) is 3.40. The van der Waals surface area contributed by atoms with Gasteiger partial charge in [0.1, 0.15) is 0 Å². The molecule has 0 bridgehead atoms. The van der Waals surface area contributed by atoms with Crippen molar-refractivity contribution in [3.63, 3.8) is 0 Å². The second-order valence-corrected chi connectivity index (χ2v) is 5.97. The topological polar surface area (TPSA) is 58.2 Å². The first-order valence-electron chi connectivity index (χ1n) is 7.72. The largest absolute Gasteiger partial charge is 0.352 e. The normalized spacial score (nSPS) is 10.4. The van der Waals surface area contributed by atoms with E-state index >= 15 is 0 Å². The van der Waals surface area contributed by atoms with Gasteiger partial charge in [-0.1, -0.05) is 43.7 Å². The van der Waals surface area contributed by atoms with Gasteiger partial charge in [0.25, 0.3) is 11.8 Å². The Morgan fingerprint density at radius 2 is 1.61 bits per heavy atom. The Balaban J connectivity index is 2.15. The minimum absolute atomic E-state index is 0.182. The van der Waals surface area contributed by atoms with E-state index in [2.05, 4.69) is 10.6 Å². The highest BCUT2D eigenvalue weighted by molar-refractivity contribution is 6.09. The summed E-state index contributed by atoms with van der Waals surface area (Å²) in [5.41, 5.74) is 2.64. The highest BCUT2D eigenvalue weighted by Gasteiger charge is 2.14. The maximum absolute atomic E-state index is 12.3. The lowest BCUT2D eigenvalue weighted by atomic mass is 10.1. The number of para-hydroxylation sites is 1. The van der Waals surface area contributed by atoms with Gasteiger partial charge in [-0.05, 0) is 37.1 Å². The summed E-state index contributed by atoms with van der Waals surface area (Å²) in [5, 5.41) is 5.68. The van der Waals surface area contributed by atoms with Crippen LogP contribution in [0, 0.1) is 12.8 Å². The van der Waals surface area contributed by atoms with Crippen molar-refractivity contribution < 1.29 is 9.59 Å². The number of rotatable bonds is 5. The number of nitrogens with one attached hydrogen (secondary N) is 2. The molecule has 0 saturated carbocycles. The van der Waals surface area contributed by atoms with Gasteiger partial charge in [-0.2, -0.15) is 0 Å². The number of anilines is 1. The Labute approximate surface area is 136 Å². The maximum atomic E-state index is 12.3. The molecule has 2 amide bonds. The summed E-state index contributed by atoms with van der Waals surface area (Å²) < 4.78 is 0. The number of carbonyl (C=O) groups excluding carboxylic acids is 2. The molecule has 4 heteroatoms. The molecule has 0 unspecified atom stereocenters. The molecule has 0 aliphatic carbocycles. The monoisotopic (exact) mass is 310 g/mol. The van der Waals surface area contributed by atoms with Crippen molar-refractivity contribution in [1.29, 1.82) is 0 Å². The van der Waals surface area contributed by atoms with Gasteiger partial charge in [0, 0.05) is 12.1 Å². The number of benzene rings is 2. The van der Waals surface area contributed by atoms with Crippen LogP contribution in [0.5, 0.6) is 0 Å². The number of aryl methyl sites for hydroxylation is 1. The first-order valence-corrected chi connectivity index (χ1v) is 7.72. The Morgan fingerprint density at radius 1 is 0.957 bits per heavy atom.